The molecule has 0 aromatic heterocycles. The molecule has 110 valence electrons. The van der Waals surface area contributed by atoms with Crippen molar-refractivity contribution in [2.24, 2.45) is 11.7 Å². The van der Waals surface area contributed by atoms with Crippen molar-refractivity contribution in [1.29, 1.82) is 0 Å². The molecule has 2 N–H and O–H groups in total. The van der Waals surface area contributed by atoms with Gasteiger partial charge in [0, 0.05) is 12.6 Å². The average molecular weight is 273 g/mol. The first-order chi connectivity index (χ1) is 9.83. The summed E-state index contributed by atoms with van der Waals surface area (Å²) in [6, 6.07) is 11.4. The first kappa shape index (κ1) is 14.1. The first-order valence-corrected chi connectivity index (χ1v) is 8.25. The Hall–Kier alpha value is -0.860. The second kappa shape index (κ2) is 6.73. The average Bonchev–Trinajstić information content (AvgIpc) is 3.01. The van der Waals surface area contributed by atoms with Crippen LogP contribution >= 0.6 is 0 Å². The molecule has 20 heavy (non-hydrogen) atoms. The van der Waals surface area contributed by atoms with E-state index in [0.717, 1.165) is 6.61 Å². The lowest BCUT2D eigenvalue weighted by Gasteiger charge is -2.35. The highest BCUT2D eigenvalue weighted by molar-refractivity contribution is 5.20. The monoisotopic (exact) mass is 273 g/mol. The fourth-order valence-electron chi connectivity index (χ4n) is 3.92. The van der Waals surface area contributed by atoms with Crippen molar-refractivity contribution in [1.82, 2.24) is 0 Å². The van der Waals surface area contributed by atoms with E-state index in [9.17, 15) is 0 Å². The van der Waals surface area contributed by atoms with Crippen LogP contribution in [0.5, 0.6) is 0 Å². The van der Waals surface area contributed by atoms with Crippen molar-refractivity contribution < 1.29 is 4.74 Å². The molecular weight excluding hydrogens is 246 g/mol. The fourth-order valence-corrected chi connectivity index (χ4v) is 3.92. The second-order valence-electron chi connectivity index (χ2n) is 6.56. The zero-order valence-corrected chi connectivity index (χ0v) is 12.3. The van der Waals surface area contributed by atoms with Crippen LogP contribution in [-0.2, 0) is 4.74 Å². The molecule has 2 heteroatoms. The molecule has 1 heterocycles. The van der Waals surface area contributed by atoms with Crippen LogP contribution in [-0.4, -0.2) is 18.8 Å². The maximum absolute atomic E-state index is 6.36. The summed E-state index contributed by atoms with van der Waals surface area (Å²) in [7, 11) is 0. The third kappa shape index (κ3) is 3.42. The van der Waals surface area contributed by atoms with Crippen LogP contribution in [0.3, 0.4) is 0 Å². The van der Waals surface area contributed by atoms with Gasteiger partial charge in [0.05, 0.1) is 6.10 Å². The van der Waals surface area contributed by atoms with Gasteiger partial charge in [-0.25, -0.2) is 0 Å². The van der Waals surface area contributed by atoms with E-state index in [-0.39, 0.29) is 0 Å². The van der Waals surface area contributed by atoms with Crippen LogP contribution < -0.4 is 5.73 Å². The maximum Gasteiger partial charge on any atom is 0.0576 e. The summed E-state index contributed by atoms with van der Waals surface area (Å²) in [6.45, 7) is 0.966. The van der Waals surface area contributed by atoms with Gasteiger partial charge in [-0.3, -0.25) is 0 Å². The largest absolute Gasteiger partial charge is 0.378 e. The summed E-state index contributed by atoms with van der Waals surface area (Å²) in [5, 5.41) is 0. The molecule has 2 nitrogen and oxygen atoms in total. The van der Waals surface area contributed by atoms with Crippen LogP contribution in [0.4, 0.5) is 0 Å². The van der Waals surface area contributed by atoms with Gasteiger partial charge in [0.15, 0.2) is 0 Å². The zero-order chi connectivity index (χ0) is 13.8. The summed E-state index contributed by atoms with van der Waals surface area (Å²) in [5.41, 5.74) is 7.86. The summed E-state index contributed by atoms with van der Waals surface area (Å²) in [6.07, 6.45) is 9.15. The Kier molecular flexibility index (Phi) is 4.74. The molecule has 1 aromatic carbocycles. The number of benzene rings is 1. The van der Waals surface area contributed by atoms with Gasteiger partial charge >= 0.3 is 0 Å². The fraction of sp³-hybridized carbons (Fsp3) is 0.667. The van der Waals surface area contributed by atoms with E-state index < -0.39 is 0 Å². The van der Waals surface area contributed by atoms with Crippen molar-refractivity contribution in [3.05, 3.63) is 35.9 Å². The first-order valence-electron chi connectivity index (χ1n) is 8.25. The Labute approximate surface area is 122 Å². The van der Waals surface area contributed by atoms with Gasteiger partial charge in [-0.2, -0.15) is 0 Å². The number of rotatable bonds is 4. The summed E-state index contributed by atoms with van der Waals surface area (Å²) < 4.78 is 5.75. The normalized spacial score (nSPS) is 34.2. The molecule has 0 bridgehead atoms. The molecule has 1 saturated carbocycles. The molecule has 1 aliphatic heterocycles. The minimum absolute atomic E-state index is 0.399. The SMILES string of the molecule is NC1CCC(c2ccccc2)CC1CCC1CCCO1. The minimum Gasteiger partial charge on any atom is -0.378 e. The number of hydrogen-bond donors (Lipinski definition) is 1. The summed E-state index contributed by atoms with van der Waals surface area (Å²) >= 11 is 0. The zero-order valence-electron chi connectivity index (χ0n) is 12.3. The summed E-state index contributed by atoms with van der Waals surface area (Å²) in [4.78, 5) is 0. The molecule has 2 fully saturated rings. The molecule has 4 unspecified atom stereocenters. The molecular formula is C18H27NO. The van der Waals surface area contributed by atoms with Crippen LogP contribution in [0.1, 0.15) is 56.4 Å². The minimum atomic E-state index is 0.399. The van der Waals surface area contributed by atoms with E-state index >= 15 is 0 Å². The number of hydrogen-bond acceptors (Lipinski definition) is 2. The molecule has 0 spiro atoms. The number of nitrogens with two attached hydrogens (primary N) is 1. The highest BCUT2D eigenvalue weighted by atomic mass is 16.5. The molecule has 2 aliphatic rings. The van der Waals surface area contributed by atoms with Crippen molar-refractivity contribution in [2.45, 2.75) is 63.0 Å². The van der Waals surface area contributed by atoms with Crippen molar-refractivity contribution >= 4 is 0 Å². The lowest BCUT2D eigenvalue weighted by molar-refractivity contribution is 0.0934. The van der Waals surface area contributed by atoms with Crippen molar-refractivity contribution in [2.75, 3.05) is 6.61 Å². The quantitative estimate of drug-likeness (QED) is 0.904. The molecule has 3 rings (SSSR count). The Balaban J connectivity index is 1.55. The van der Waals surface area contributed by atoms with E-state index in [1.54, 1.807) is 0 Å². The van der Waals surface area contributed by atoms with Gasteiger partial charge in [0.1, 0.15) is 0 Å². The molecule has 1 aromatic rings. The van der Waals surface area contributed by atoms with Crippen LogP contribution in [0, 0.1) is 5.92 Å². The Morgan fingerprint density at radius 2 is 1.90 bits per heavy atom. The van der Waals surface area contributed by atoms with Gasteiger partial charge in [-0.1, -0.05) is 30.3 Å². The smallest absolute Gasteiger partial charge is 0.0576 e. The summed E-state index contributed by atoms with van der Waals surface area (Å²) in [5.74, 6) is 1.39. The maximum atomic E-state index is 6.36. The molecule has 0 radical (unpaired) electrons. The van der Waals surface area contributed by atoms with Crippen molar-refractivity contribution in [3.8, 4) is 0 Å². The Morgan fingerprint density at radius 1 is 1.05 bits per heavy atom. The predicted molar refractivity (Wildman–Crippen MR) is 82.7 cm³/mol. The number of ether oxygens (including phenoxy) is 1. The highest BCUT2D eigenvalue weighted by Crippen LogP contribution is 2.38. The van der Waals surface area contributed by atoms with Gasteiger partial charge in [0.2, 0.25) is 0 Å². The van der Waals surface area contributed by atoms with Gasteiger partial charge in [-0.05, 0) is 62.3 Å². The van der Waals surface area contributed by atoms with Gasteiger partial charge in [0.25, 0.3) is 0 Å². The highest BCUT2D eigenvalue weighted by Gasteiger charge is 2.29. The van der Waals surface area contributed by atoms with E-state index in [2.05, 4.69) is 30.3 Å². The molecule has 1 aliphatic carbocycles. The standard InChI is InChI=1S/C18H27NO/c19-18-11-9-15(14-5-2-1-3-6-14)13-16(18)8-10-17-7-4-12-20-17/h1-3,5-6,15-18H,4,7-13,19H2. The van der Waals surface area contributed by atoms with E-state index in [0.29, 0.717) is 24.0 Å². The Morgan fingerprint density at radius 3 is 2.65 bits per heavy atom. The Bertz CT molecular complexity index is 399. The van der Waals surface area contributed by atoms with Crippen LogP contribution in [0.2, 0.25) is 0 Å². The lowest BCUT2D eigenvalue weighted by Crippen LogP contribution is -2.36. The van der Waals surface area contributed by atoms with E-state index in [4.69, 9.17) is 10.5 Å². The predicted octanol–water partition coefficient (Wildman–Crippen LogP) is 3.86. The van der Waals surface area contributed by atoms with Gasteiger partial charge < -0.3 is 10.5 Å². The van der Waals surface area contributed by atoms with Crippen molar-refractivity contribution in [3.63, 3.8) is 0 Å². The molecule has 4 atom stereocenters. The third-order valence-corrected chi connectivity index (χ3v) is 5.20. The lowest BCUT2D eigenvalue weighted by atomic mass is 9.73. The van der Waals surface area contributed by atoms with Crippen LogP contribution in [0.15, 0.2) is 30.3 Å². The van der Waals surface area contributed by atoms with E-state index in [1.165, 1.54) is 50.5 Å². The third-order valence-electron chi connectivity index (χ3n) is 5.20. The van der Waals surface area contributed by atoms with Gasteiger partial charge in [-0.15, -0.1) is 0 Å². The topological polar surface area (TPSA) is 35.2 Å². The van der Waals surface area contributed by atoms with E-state index in [1.807, 2.05) is 0 Å². The second-order valence-corrected chi connectivity index (χ2v) is 6.56. The van der Waals surface area contributed by atoms with Crippen LogP contribution in [0.25, 0.3) is 0 Å². The molecule has 1 saturated heterocycles. The molecule has 0 amide bonds.